The van der Waals surface area contributed by atoms with Crippen molar-refractivity contribution in [2.75, 3.05) is 60.9 Å². The summed E-state index contributed by atoms with van der Waals surface area (Å²) in [6.45, 7) is 5.39. The van der Waals surface area contributed by atoms with Gasteiger partial charge in [0, 0.05) is 62.8 Å². The van der Waals surface area contributed by atoms with Gasteiger partial charge in [-0.1, -0.05) is 6.07 Å². The number of imide groups is 2. The SMILES string of the molecule is O=C1CCC(N2C(=O)c3cccc(N4CCCC(CCN5CCN(c6ncc(F)c(Nc7ccc8oc(=O)ccc8c7)n6)CC5)C4)c3C2=O)C(=O)N1. The molecule has 14 nitrogen and oxygen atoms in total. The van der Waals surface area contributed by atoms with Gasteiger partial charge in [-0.15, -0.1) is 0 Å². The molecule has 0 spiro atoms. The summed E-state index contributed by atoms with van der Waals surface area (Å²) in [6, 6.07) is 12.4. The predicted molar refractivity (Wildman–Crippen MR) is 189 cm³/mol. The second kappa shape index (κ2) is 13.8. The molecule has 4 aromatic rings. The highest BCUT2D eigenvalue weighted by Crippen LogP contribution is 2.36. The highest BCUT2D eigenvalue weighted by Gasteiger charge is 2.46. The standard InChI is InChI=1S/C37H37FN8O6/c38-26-20-39-37(42-33(26)40-24-7-9-29-23(19-24)6-11-31(48)52-29)44-17-15-43(16-18-44)14-12-22-3-2-13-45(21-22)27-5-1-4-25-32(27)36(51)46(35(25)50)28-8-10-30(47)41-34(28)49/h1,4-7,9,11,19-20,22,28H,2-3,8,10,12-18,21H2,(H,39,40,42)(H,41,47,49). The van der Waals surface area contributed by atoms with Crippen LogP contribution in [0, 0.1) is 11.7 Å². The van der Waals surface area contributed by atoms with Crippen LogP contribution in [0.15, 0.2) is 63.9 Å². The number of aromatic nitrogens is 2. The molecule has 2 atom stereocenters. The van der Waals surface area contributed by atoms with Crippen molar-refractivity contribution in [1.82, 2.24) is 25.1 Å². The van der Waals surface area contributed by atoms with Crippen LogP contribution in [0.3, 0.4) is 0 Å². The molecule has 0 aliphatic carbocycles. The fourth-order valence-corrected chi connectivity index (χ4v) is 7.70. The molecule has 4 amide bonds. The van der Waals surface area contributed by atoms with Gasteiger partial charge >= 0.3 is 5.63 Å². The van der Waals surface area contributed by atoms with Crippen LogP contribution in [-0.2, 0) is 9.59 Å². The number of piperazine rings is 1. The van der Waals surface area contributed by atoms with Crippen LogP contribution in [0.2, 0.25) is 0 Å². The van der Waals surface area contributed by atoms with E-state index in [0.717, 1.165) is 56.9 Å². The second-order valence-corrected chi connectivity index (χ2v) is 13.7. The maximum absolute atomic E-state index is 14.8. The van der Waals surface area contributed by atoms with Crippen molar-refractivity contribution in [2.24, 2.45) is 5.92 Å². The Balaban J connectivity index is 0.864. The molecule has 0 radical (unpaired) electrons. The first-order valence-corrected chi connectivity index (χ1v) is 17.6. The molecule has 0 saturated carbocycles. The number of carbonyl (C=O) groups is 4. The number of piperidine rings is 2. The number of rotatable bonds is 8. The Morgan fingerprint density at radius 2 is 1.77 bits per heavy atom. The third kappa shape index (κ3) is 6.47. The van der Waals surface area contributed by atoms with Crippen LogP contribution in [0.1, 0.15) is 52.8 Å². The molecule has 2 aromatic heterocycles. The van der Waals surface area contributed by atoms with E-state index >= 15 is 0 Å². The predicted octanol–water partition coefficient (Wildman–Crippen LogP) is 3.30. The molecule has 0 bridgehead atoms. The van der Waals surface area contributed by atoms with Crippen molar-refractivity contribution in [3.8, 4) is 0 Å². The lowest BCUT2D eigenvalue weighted by Gasteiger charge is -2.38. The van der Waals surface area contributed by atoms with E-state index in [9.17, 15) is 28.4 Å². The van der Waals surface area contributed by atoms with E-state index < -0.39 is 41.1 Å². The number of benzene rings is 2. The highest BCUT2D eigenvalue weighted by molar-refractivity contribution is 6.25. The summed E-state index contributed by atoms with van der Waals surface area (Å²) in [5.41, 5.74) is 1.95. The van der Waals surface area contributed by atoms with Gasteiger partial charge in [0.15, 0.2) is 11.6 Å². The average molecular weight is 709 g/mol. The van der Waals surface area contributed by atoms with E-state index in [1.54, 1.807) is 36.4 Å². The van der Waals surface area contributed by atoms with Crippen molar-refractivity contribution in [3.63, 3.8) is 0 Å². The number of carbonyl (C=O) groups excluding carboxylic acids is 4. The van der Waals surface area contributed by atoms with Crippen LogP contribution in [0.5, 0.6) is 0 Å². The summed E-state index contributed by atoms with van der Waals surface area (Å²) in [5.74, 6) is -1.68. The molecule has 15 heteroatoms. The lowest BCUT2D eigenvalue weighted by atomic mass is 9.93. The van der Waals surface area contributed by atoms with Crippen molar-refractivity contribution in [3.05, 3.63) is 82.1 Å². The average Bonchev–Trinajstić information content (AvgIpc) is 3.41. The van der Waals surface area contributed by atoms with E-state index in [1.165, 1.54) is 12.3 Å². The van der Waals surface area contributed by atoms with E-state index in [0.29, 0.717) is 58.4 Å². The molecule has 3 saturated heterocycles. The van der Waals surface area contributed by atoms with Gasteiger partial charge in [0.1, 0.15) is 11.6 Å². The Hall–Kier alpha value is -5.70. The van der Waals surface area contributed by atoms with E-state index in [1.807, 2.05) is 11.0 Å². The zero-order chi connectivity index (χ0) is 35.9. The zero-order valence-electron chi connectivity index (χ0n) is 28.3. The summed E-state index contributed by atoms with van der Waals surface area (Å²) in [4.78, 5) is 79.2. The molecule has 2 aromatic carbocycles. The second-order valence-electron chi connectivity index (χ2n) is 13.7. The van der Waals surface area contributed by atoms with Crippen LogP contribution in [-0.4, -0.2) is 95.3 Å². The molecule has 52 heavy (non-hydrogen) atoms. The molecule has 4 aliphatic heterocycles. The van der Waals surface area contributed by atoms with Gasteiger partial charge in [-0.3, -0.25) is 34.3 Å². The van der Waals surface area contributed by atoms with E-state index in [4.69, 9.17) is 4.42 Å². The summed E-state index contributed by atoms with van der Waals surface area (Å²) in [7, 11) is 0. The largest absolute Gasteiger partial charge is 0.423 e. The molecule has 6 heterocycles. The molecular formula is C37H37FN8O6. The fraction of sp³-hybridized carbons (Fsp3) is 0.378. The third-order valence-electron chi connectivity index (χ3n) is 10.4. The maximum Gasteiger partial charge on any atom is 0.336 e. The van der Waals surface area contributed by atoms with Gasteiger partial charge < -0.3 is 19.5 Å². The van der Waals surface area contributed by atoms with Crippen LogP contribution in [0.25, 0.3) is 11.0 Å². The van der Waals surface area contributed by atoms with Crippen molar-refractivity contribution in [1.29, 1.82) is 0 Å². The molecule has 8 rings (SSSR count). The number of nitrogens with one attached hydrogen (secondary N) is 2. The molecular weight excluding hydrogens is 671 g/mol. The number of halogens is 1. The molecule has 4 aliphatic rings. The Morgan fingerprint density at radius 3 is 2.60 bits per heavy atom. The molecule has 2 N–H and O–H groups in total. The Kier molecular flexibility index (Phi) is 8.87. The minimum Gasteiger partial charge on any atom is -0.423 e. The quantitative estimate of drug-likeness (QED) is 0.203. The minimum atomic E-state index is -0.996. The molecule has 2 unspecified atom stereocenters. The van der Waals surface area contributed by atoms with Crippen molar-refractivity contribution >= 4 is 57.7 Å². The normalized spacial score (nSPS) is 21.1. The minimum absolute atomic E-state index is 0.0600. The number of nitrogens with zero attached hydrogens (tertiary/aromatic N) is 6. The monoisotopic (exact) mass is 708 g/mol. The number of fused-ring (bicyclic) bond motifs is 2. The lowest BCUT2D eigenvalue weighted by Crippen LogP contribution is -2.54. The van der Waals surface area contributed by atoms with Gasteiger partial charge in [-0.05, 0) is 74.5 Å². The van der Waals surface area contributed by atoms with Gasteiger partial charge in [-0.25, -0.2) is 14.2 Å². The van der Waals surface area contributed by atoms with E-state index in [2.05, 4.69) is 30.4 Å². The van der Waals surface area contributed by atoms with Gasteiger partial charge in [0.25, 0.3) is 11.8 Å². The number of hydrogen-bond donors (Lipinski definition) is 2. The topological polar surface area (TPSA) is 161 Å². The van der Waals surface area contributed by atoms with Gasteiger partial charge in [0.2, 0.25) is 17.8 Å². The third-order valence-corrected chi connectivity index (χ3v) is 10.4. The lowest BCUT2D eigenvalue weighted by molar-refractivity contribution is -0.136. The number of anilines is 4. The molecule has 268 valence electrons. The first-order valence-electron chi connectivity index (χ1n) is 17.6. The van der Waals surface area contributed by atoms with Crippen LogP contribution >= 0.6 is 0 Å². The molecule has 3 fully saturated rings. The highest BCUT2D eigenvalue weighted by atomic mass is 19.1. The summed E-state index contributed by atoms with van der Waals surface area (Å²) in [5, 5.41) is 5.98. The van der Waals surface area contributed by atoms with Gasteiger partial charge in [-0.2, -0.15) is 4.98 Å². The van der Waals surface area contributed by atoms with Crippen molar-refractivity contribution in [2.45, 2.75) is 38.1 Å². The smallest absolute Gasteiger partial charge is 0.336 e. The van der Waals surface area contributed by atoms with Gasteiger partial charge in [0.05, 0.1) is 23.0 Å². The number of amides is 4. The number of hydrogen-bond acceptors (Lipinski definition) is 12. The zero-order valence-corrected chi connectivity index (χ0v) is 28.3. The van der Waals surface area contributed by atoms with Crippen LogP contribution in [0.4, 0.5) is 27.5 Å². The maximum atomic E-state index is 14.8. The summed E-state index contributed by atoms with van der Waals surface area (Å²) < 4.78 is 19.9. The van der Waals surface area contributed by atoms with Crippen molar-refractivity contribution < 1.29 is 28.0 Å². The van der Waals surface area contributed by atoms with Crippen LogP contribution < -0.4 is 26.1 Å². The first-order chi connectivity index (χ1) is 25.2. The summed E-state index contributed by atoms with van der Waals surface area (Å²) in [6.07, 6.45) is 4.35. The Morgan fingerprint density at radius 1 is 0.923 bits per heavy atom. The summed E-state index contributed by atoms with van der Waals surface area (Å²) >= 11 is 0. The van der Waals surface area contributed by atoms with E-state index in [-0.39, 0.29) is 18.7 Å². The Bertz CT molecular complexity index is 2150. The Labute approximate surface area is 297 Å². The fourth-order valence-electron chi connectivity index (χ4n) is 7.70. The first kappa shape index (κ1) is 33.4.